The Bertz CT molecular complexity index is 387. The Morgan fingerprint density at radius 3 is 2.77 bits per heavy atom. The lowest BCUT2D eigenvalue weighted by Crippen LogP contribution is -2.20. The summed E-state index contributed by atoms with van der Waals surface area (Å²) in [5, 5.41) is 0. The van der Waals surface area contributed by atoms with Crippen molar-refractivity contribution in [1.82, 2.24) is 9.71 Å². The van der Waals surface area contributed by atoms with Gasteiger partial charge in [0.1, 0.15) is 0 Å². The Morgan fingerprint density at radius 2 is 2.23 bits per heavy atom. The molecule has 0 saturated heterocycles. The Kier molecular flexibility index (Phi) is 3.00. The van der Waals surface area contributed by atoms with Crippen LogP contribution in [0.5, 0.6) is 0 Å². The van der Waals surface area contributed by atoms with Crippen molar-refractivity contribution in [2.24, 2.45) is 0 Å². The molecule has 0 aliphatic rings. The summed E-state index contributed by atoms with van der Waals surface area (Å²) >= 11 is 0. The van der Waals surface area contributed by atoms with E-state index < -0.39 is 10.0 Å². The van der Waals surface area contributed by atoms with Crippen molar-refractivity contribution in [3.05, 3.63) is 29.6 Å². The van der Waals surface area contributed by atoms with Gasteiger partial charge in [-0.2, -0.15) is 0 Å². The second-order valence-corrected chi connectivity index (χ2v) is 4.69. The lowest BCUT2D eigenvalue weighted by Gasteiger charge is -2.04. The van der Waals surface area contributed by atoms with Crippen molar-refractivity contribution in [3.8, 4) is 0 Å². The van der Waals surface area contributed by atoms with Gasteiger partial charge in [0.25, 0.3) is 0 Å². The number of aromatic nitrogens is 1. The minimum Gasteiger partial charge on any atom is -0.264 e. The average molecular weight is 200 g/mol. The Balaban J connectivity index is 2.93. The quantitative estimate of drug-likeness (QED) is 0.770. The number of sulfonamides is 1. The summed E-state index contributed by atoms with van der Waals surface area (Å²) < 4.78 is 24.6. The molecule has 0 unspecified atom stereocenters. The van der Waals surface area contributed by atoms with Crippen LogP contribution in [0.25, 0.3) is 0 Å². The third kappa shape index (κ3) is 2.78. The maximum atomic E-state index is 11.2. The van der Waals surface area contributed by atoms with Gasteiger partial charge in [0.15, 0.2) is 0 Å². The number of nitrogens with zero attached hydrogens (tertiary/aromatic N) is 1. The molecule has 1 N–H and O–H groups in total. The van der Waals surface area contributed by atoms with E-state index in [2.05, 4.69) is 9.71 Å². The molecule has 0 amide bonds. The van der Waals surface area contributed by atoms with Crippen LogP contribution in [0.2, 0.25) is 0 Å². The van der Waals surface area contributed by atoms with Crippen LogP contribution in [-0.2, 0) is 15.8 Å². The number of rotatable bonds is 3. The van der Waals surface area contributed by atoms with E-state index in [0.717, 1.165) is 11.1 Å². The van der Waals surface area contributed by atoms with Gasteiger partial charge in [-0.3, -0.25) is 4.98 Å². The van der Waals surface area contributed by atoms with Crippen molar-refractivity contribution in [2.45, 2.75) is 12.7 Å². The van der Waals surface area contributed by atoms with Crippen LogP contribution >= 0.6 is 0 Å². The first-order valence-corrected chi connectivity index (χ1v) is 5.51. The first-order chi connectivity index (χ1) is 6.05. The monoisotopic (exact) mass is 200 g/mol. The molecule has 0 aliphatic carbocycles. The molecule has 0 spiro atoms. The lowest BCUT2D eigenvalue weighted by atomic mass is 10.2. The standard InChI is InChI=1S/C8H12N2O2S/c1-7-3-4-10-5-8(7)6-13(11,12)9-2/h3-5,9H,6H2,1-2H3. The van der Waals surface area contributed by atoms with Crippen molar-refractivity contribution >= 4 is 10.0 Å². The van der Waals surface area contributed by atoms with Gasteiger partial charge in [0.2, 0.25) is 10.0 Å². The van der Waals surface area contributed by atoms with Crippen molar-refractivity contribution in [1.29, 1.82) is 0 Å². The zero-order valence-corrected chi connectivity index (χ0v) is 8.43. The summed E-state index contributed by atoms with van der Waals surface area (Å²) in [6, 6.07) is 1.79. The van der Waals surface area contributed by atoms with Crippen molar-refractivity contribution in [2.75, 3.05) is 7.05 Å². The molecule has 72 valence electrons. The van der Waals surface area contributed by atoms with Crippen LogP contribution in [0.4, 0.5) is 0 Å². The van der Waals surface area contributed by atoms with Gasteiger partial charge < -0.3 is 0 Å². The molecule has 0 atom stereocenters. The molecular weight excluding hydrogens is 188 g/mol. The third-order valence-corrected chi connectivity index (χ3v) is 3.12. The molecule has 0 bridgehead atoms. The first kappa shape index (κ1) is 10.1. The van der Waals surface area contributed by atoms with Crippen LogP contribution in [0, 0.1) is 6.92 Å². The molecule has 0 radical (unpaired) electrons. The molecule has 0 saturated carbocycles. The number of hydrogen-bond acceptors (Lipinski definition) is 3. The Labute approximate surface area is 78.1 Å². The molecular formula is C8H12N2O2S. The van der Waals surface area contributed by atoms with E-state index in [1.807, 2.05) is 6.92 Å². The van der Waals surface area contributed by atoms with E-state index in [9.17, 15) is 8.42 Å². The summed E-state index contributed by atoms with van der Waals surface area (Å²) in [6.07, 6.45) is 3.22. The summed E-state index contributed by atoms with van der Waals surface area (Å²) in [5.74, 6) is -0.0107. The van der Waals surface area contributed by atoms with Crippen LogP contribution in [0.1, 0.15) is 11.1 Å². The SMILES string of the molecule is CNS(=O)(=O)Cc1cnccc1C. The number of aryl methyl sites for hydroxylation is 1. The van der Waals surface area contributed by atoms with E-state index in [-0.39, 0.29) is 5.75 Å². The Hall–Kier alpha value is -0.940. The molecule has 1 rings (SSSR count). The van der Waals surface area contributed by atoms with Gasteiger partial charge in [-0.1, -0.05) is 0 Å². The summed E-state index contributed by atoms with van der Waals surface area (Å²) in [4.78, 5) is 3.87. The average Bonchev–Trinajstić information content (AvgIpc) is 2.09. The highest BCUT2D eigenvalue weighted by Crippen LogP contribution is 2.08. The van der Waals surface area contributed by atoms with Gasteiger partial charge in [0, 0.05) is 12.4 Å². The van der Waals surface area contributed by atoms with Gasteiger partial charge in [0.05, 0.1) is 5.75 Å². The predicted molar refractivity (Wildman–Crippen MR) is 50.7 cm³/mol. The lowest BCUT2D eigenvalue weighted by molar-refractivity contribution is 0.587. The molecule has 1 aromatic rings. The highest BCUT2D eigenvalue weighted by atomic mass is 32.2. The zero-order valence-electron chi connectivity index (χ0n) is 7.61. The van der Waals surface area contributed by atoms with Crippen LogP contribution in [0.3, 0.4) is 0 Å². The highest BCUT2D eigenvalue weighted by Gasteiger charge is 2.09. The second kappa shape index (κ2) is 3.85. The molecule has 13 heavy (non-hydrogen) atoms. The molecule has 1 aromatic heterocycles. The first-order valence-electron chi connectivity index (χ1n) is 3.86. The number of hydrogen-bond donors (Lipinski definition) is 1. The van der Waals surface area contributed by atoms with E-state index in [1.54, 1.807) is 18.5 Å². The topological polar surface area (TPSA) is 59.1 Å². The van der Waals surface area contributed by atoms with Gasteiger partial charge in [-0.25, -0.2) is 13.1 Å². The normalized spacial score (nSPS) is 11.5. The number of pyridine rings is 1. The molecule has 0 fully saturated rings. The third-order valence-electron chi connectivity index (χ3n) is 1.80. The minimum absolute atomic E-state index is 0.0107. The van der Waals surface area contributed by atoms with Gasteiger partial charge in [-0.15, -0.1) is 0 Å². The van der Waals surface area contributed by atoms with E-state index >= 15 is 0 Å². The highest BCUT2D eigenvalue weighted by molar-refractivity contribution is 7.88. The zero-order chi connectivity index (χ0) is 9.90. The molecule has 0 aliphatic heterocycles. The second-order valence-electron chi connectivity index (χ2n) is 2.77. The van der Waals surface area contributed by atoms with Gasteiger partial charge >= 0.3 is 0 Å². The Morgan fingerprint density at radius 1 is 1.54 bits per heavy atom. The fourth-order valence-corrected chi connectivity index (χ4v) is 1.78. The summed E-state index contributed by atoms with van der Waals surface area (Å²) in [7, 11) is -1.78. The molecule has 5 heteroatoms. The summed E-state index contributed by atoms with van der Waals surface area (Å²) in [6.45, 7) is 1.86. The van der Waals surface area contributed by atoms with E-state index in [1.165, 1.54) is 7.05 Å². The maximum absolute atomic E-state index is 11.2. The minimum atomic E-state index is -3.19. The largest absolute Gasteiger partial charge is 0.264 e. The predicted octanol–water partition coefficient (Wildman–Crippen LogP) is 0.439. The van der Waals surface area contributed by atoms with Crippen LogP contribution in [-0.4, -0.2) is 20.4 Å². The molecule has 4 nitrogen and oxygen atoms in total. The van der Waals surface area contributed by atoms with Crippen molar-refractivity contribution < 1.29 is 8.42 Å². The van der Waals surface area contributed by atoms with Crippen LogP contribution < -0.4 is 4.72 Å². The van der Waals surface area contributed by atoms with Gasteiger partial charge in [-0.05, 0) is 31.2 Å². The van der Waals surface area contributed by atoms with E-state index in [0.29, 0.717) is 0 Å². The molecule has 0 aromatic carbocycles. The van der Waals surface area contributed by atoms with E-state index in [4.69, 9.17) is 0 Å². The van der Waals surface area contributed by atoms with Crippen molar-refractivity contribution in [3.63, 3.8) is 0 Å². The fraction of sp³-hybridized carbons (Fsp3) is 0.375. The van der Waals surface area contributed by atoms with Crippen LogP contribution in [0.15, 0.2) is 18.5 Å². The molecule has 1 heterocycles. The smallest absolute Gasteiger partial charge is 0.215 e. The number of nitrogens with one attached hydrogen (secondary N) is 1. The summed E-state index contributed by atoms with van der Waals surface area (Å²) in [5.41, 5.74) is 1.67. The fourth-order valence-electron chi connectivity index (χ4n) is 0.925. The maximum Gasteiger partial charge on any atom is 0.215 e.